The number of nitrogens with zero attached hydrogens (tertiary/aromatic N) is 2. The molecule has 0 saturated carbocycles. The third-order valence-electron chi connectivity index (χ3n) is 2.68. The summed E-state index contributed by atoms with van der Waals surface area (Å²) in [5.41, 5.74) is 2.70. The Kier molecular flexibility index (Phi) is 3.66. The van der Waals surface area contributed by atoms with Gasteiger partial charge in [0.25, 0.3) is 0 Å². The summed E-state index contributed by atoms with van der Waals surface area (Å²) in [4.78, 5) is 14.4. The van der Waals surface area contributed by atoms with Crippen LogP contribution < -0.4 is 5.32 Å². The highest BCUT2D eigenvalue weighted by atomic mass is 35.5. The van der Waals surface area contributed by atoms with Crippen LogP contribution in [0, 0.1) is 24.0 Å². The summed E-state index contributed by atoms with van der Waals surface area (Å²) in [5, 5.41) is 14.1. The molecule has 2 aromatic rings. The zero-order valence-electron chi connectivity index (χ0n) is 10.5. The Hall–Kier alpha value is -2.14. The first-order chi connectivity index (χ1) is 8.97. The lowest BCUT2D eigenvalue weighted by atomic mass is 10.1. The zero-order chi connectivity index (χ0) is 14.0. The van der Waals surface area contributed by atoms with Gasteiger partial charge in [0.2, 0.25) is 5.82 Å². The van der Waals surface area contributed by atoms with Gasteiger partial charge in [-0.25, -0.2) is 4.98 Å². The number of pyridine rings is 1. The van der Waals surface area contributed by atoms with E-state index in [4.69, 9.17) is 11.6 Å². The molecule has 1 aromatic carbocycles. The molecule has 0 unspecified atom stereocenters. The first-order valence-corrected chi connectivity index (χ1v) is 6.00. The predicted molar refractivity (Wildman–Crippen MR) is 75.1 cm³/mol. The average molecular weight is 278 g/mol. The summed E-state index contributed by atoms with van der Waals surface area (Å²) < 4.78 is 0. The highest BCUT2D eigenvalue weighted by Crippen LogP contribution is 2.28. The average Bonchev–Trinajstić information content (AvgIpc) is 2.33. The number of halogens is 1. The van der Waals surface area contributed by atoms with Gasteiger partial charge in [0, 0.05) is 11.8 Å². The van der Waals surface area contributed by atoms with E-state index in [9.17, 15) is 10.1 Å². The van der Waals surface area contributed by atoms with Gasteiger partial charge in [-0.3, -0.25) is 10.1 Å². The van der Waals surface area contributed by atoms with Gasteiger partial charge in [0.15, 0.2) is 0 Å². The first-order valence-electron chi connectivity index (χ1n) is 5.62. The smallest absolute Gasteiger partial charge is 0.311 e. The number of anilines is 2. The fourth-order valence-electron chi connectivity index (χ4n) is 1.67. The van der Waals surface area contributed by atoms with Gasteiger partial charge in [-0.1, -0.05) is 23.7 Å². The van der Waals surface area contributed by atoms with Crippen molar-refractivity contribution < 1.29 is 4.92 Å². The minimum absolute atomic E-state index is 0.106. The van der Waals surface area contributed by atoms with Gasteiger partial charge in [-0.2, -0.15) is 0 Å². The Morgan fingerprint density at radius 3 is 2.68 bits per heavy atom. The molecule has 98 valence electrons. The van der Waals surface area contributed by atoms with Crippen molar-refractivity contribution in [1.29, 1.82) is 0 Å². The lowest BCUT2D eigenvalue weighted by Crippen LogP contribution is -2.01. The molecule has 1 N–H and O–H groups in total. The van der Waals surface area contributed by atoms with E-state index in [1.807, 2.05) is 32.0 Å². The van der Waals surface area contributed by atoms with Crippen LogP contribution in [0.4, 0.5) is 17.2 Å². The molecular formula is C13H12ClN3O2. The highest BCUT2D eigenvalue weighted by molar-refractivity contribution is 6.29. The quantitative estimate of drug-likeness (QED) is 0.523. The van der Waals surface area contributed by atoms with Crippen LogP contribution in [0.2, 0.25) is 5.15 Å². The van der Waals surface area contributed by atoms with Crippen LogP contribution in [-0.2, 0) is 0 Å². The molecule has 1 heterocycles. The van der Waals surface area contributed by atoms with Crippen molar-refractivity contribution in [2.75, 3.05) is 5.32 Å². The molecule has 0 aliphatic heterocycles. The number of aryl methyl sites for hydroxylation is 2. The second-order valence-electron chi connectivity index (χ2n) is 4.20. The van der Waals surface area contributed by atoms with Crippen LogP contribution in [0.25, 0.3) is 0 Å². The van der Waals surface area contributed by atoms with Crippen molar-refractivity contribution in [3.05, 3.63) is 56.7 Å². The fraction of sp³-hybridized carbons (Fsp3) is 0.154. The van der Waals surface area contributed by atoms with E-state index in [-0.39, 0.29) is 16.7 Å². The van der Waals surface area contributed by atoms with E-state index in [1.165, 1.54) is 12.1 Å². The largest absolute Gasteiger partial charge is 0.334 e. The van der Waals surface area contributed by atoms with Crippen molar-refractivity contribution >= 4 is 28.8 Å². The second-order valence-corrected chi connectivity index (χ2v) is 4.59. The summed E-state index contributed by atoms with van der Waals surface area (Å²) in [5.74, 6) is 0.145. The fourth-order valence-corrected chi connectivity index (χ4v) is 1.81. The Morgan fingerprint density at radius 2 is 2.00 bits per heavy atom. The zero-order valence-corrected chi connectivity index (χ0v) is 11.2. The summed E-state index contributed by atoms with van der Waals surface area (Å²) in [6.45, 7) is 3.86. The van der Waals surface area contributed by atoms with Gasteiger partial charge in [0.1, 0.15) is 5.15 Å². The molecule has 0 aliphatic rings. The predicted octanol–water partition coefficient (Wildman–Crippen LogP) is 4.00. The van der Waals surface area contributed by atoms with E-state index in [0.29, 0.717) is 0 Å². The Labute approximate surface area is 115 Å². The van der Waals surface area contributed by atoms with Gasteiger partial charge in [0.05, 0.1) is 4.92 Å². The highest BCUT2D eigenvalue weighted by Gasteiger charge is 2.16. The van der Waals surface area contributed by atoms with Crippen LogP contribution in [0.5, 0.6) is 0 Å². The van der Waals surface area contributed by atoms with E-state index < -0.39 is 4.92 Å². The van der Waals surface area contributed by atoms with Gasteiger partial charge in [-0.15, -0.1) is 0 Å². The van der Waals surface area contributed by atoms with Crippen molar-refractivity contribution in [3.8, 4) is 0 Å². The lowest BCUT2D eigenvalue weighted by molar-refractivity contribution is -0.384. The van der Waals surface area contributed by atoms with Crippen LogP contribution in [0.3, 0.4) is 0 Å². The first kappa shape index (κ1) is 13.3. The maximum absolute atomic E-state index is 11.0. The molecule has 0 bridgehead atoms. The Balaban J connectivity index is 2.45. The van der Waals surface area contributed by atoms with Gasteiger partial charge >= 0.3 is 5.69 Å². The van der Waals surface area contributed by atoms with Gasteiger partial charge < -0.3 is 5.32 Å². The lowest BCUT2D eigenvalue weighted by Gasteiger charge is -2.10. The van der Waals surface area contributed by atoms with Crippen molar-refractivity contribution in [2.45, 2.75) is 13.8 Å². The van der Waals surface area contributed by atoms with E-state index in [2.05, 4.69) is 10.3 Å². The van der Waals surface area contributed by atoms with E-state index in [0.717, 1.165) is 16.8 Å². The number of benzene rings is 1. The van der Waals surface area contributed by atoms with Crippen LogP contribution >= 0.6 is 11.6 Å². The third kappa shape index (κ3) is 3.00. The number of aromatic nitrogens is 1. The molecular weight excluding hydrogens is 266 g/mol. The van der Waals surface area contributed by atoms with E-state index in [1.54, 1.807) is 0 Å². The van der Waals surface area contributed by atoms with E-state index >= 15 is 0 Å². The minimum atomic E-state index is -0.489. The minimum Gasteiger partial charge on any atom is -0.334 e. The molecule has 2 rings (SSSR count). The monoisotopic (exact) mass is 277 g/mol. The summed E-state index contributed by atoms with van der Waals surface area (Å²) in [6.07, 6.45) is 0. The number of hydrogen-bond acceptors (Lipinski definition) is 4. The second kappa shape index (κ2) is 5.24. The van der Waals surface area contributed by atoms with Crippen LogP contribution in [0.15, 0.2) is 30.3 Å². The Morgan fingerprint density at radius 1 is 1.26 bits per heavy atom. The molecule has 0 atom stereocenters. The molecule has 0 radical (unpaired) electrons. The standard InChI is InChI=1S/C13H12ClN3O2/c1-8-3-4-9(2)10(7-8)15-13-11(17(18)19)5-6-12(14)16-13/h3-7H,1-2H3,(H,15,16). The van der Waals surface area contributed by atoms with Crippen molar-refractivity contribution in [1.82, 2.24) is 4.98 Å². The Bertz CT molecular complexity index is 644. The molecule has 0 fully saturated rings. The van der Waals surface area contributed by atoms with Gasteiger partial charge in [-0.05, 0) is 37.1 Å². The summed E-state index contributed by atoms with van der Waals surface area (Å²) in [7, 11) is 0. The molecule has 19 heavy (non-hydrogen) atoms. The maximum Gasteiger partial charge on any atom is 0.311 e. The molecule has 0 aliphatic carbocycles. The van der Waals surface area contributed by atoms with Crippen molar-refractivity contribution in [3.63, 3.8) is 0 Å². The molecule has 0 saturated heterocycles. The molecule has 0 amide bonds. The molecule has 5 nitrogen and oxygen atoms in total. The third-order valence-corrected chi connectivity index (χ3v) is 2.89. The topological polar surface area (TPSA) is 68.1 Å². The normalized spacial score (nSPS) is 10.3. The number of nitrogens with one attached hydrogen (secondary N) is 1. The number of rotatable bonds is 3. The SMILES string of the molecule is Cc1ccc(C)c(Nc2nc(Cl)ccc2[N+](=O)[O-])c1. The van der Waals surface area contributed by atoms with Crippen LogP contribution in [0.1, 0.15) is 11.1 Å². The summed E-state index contributed by atoms with van der Waals surface area (Å²) >= 11 is 5.79. The van der Waals surface area contributed by atoms with Crippen LogP contribution in [-0.4, -0.2) is 9.91 Å². The molecule has 0 spiro atoms. The maximum atomic E-state index is 11.0. The molecule has 6 heteroatoms. The number of nitro groups is 1. The van der Waals surface area contributed by atoms with Crippen molar-refractivity contribution in [2.24, 2.45) is 0 Å². The summed E-state index contributed by atoms with van der Waals surface area (Å²) in [6, 6.07) is 8.55. The molecule has 1 aromatic heterocycles. The number of hydrogen-bond donors (Lipinski definition) is 1.